The van der Waals surface area contributed by atoms with E-state index in [4.69, 9.17) is 9.72 Å². The van der Waals surface area contributed by atoms with Gasteiger partial charge in [-0.05, 0) is 39.8 Å². The first kappa shape index (κ1) is 20.7. The normalized spacial score (nSPS) is 26.6. The Bertz CT molecular complexity index is 805. The molecular formula is C22H32N4O2S. The van der Waals surface area contributed by atoms with Gasteiger partial charge in [0.1, 0.15) is 5.01 Å². The maximum Gasteiger partial charge on any atom is 0.239 e. The molecule has 0 saturated carbocycles. The molecule has 2 saturated heterocycles. The summed E-state index contributed by atoms with van der Waals surface area (Å²) in [6.07, 6.45) is 0.225. The van der Waals surface area contributed by atoms with Crippen molar-refractivity contribution in [1.82, 2.24) is 19.7 Å². The second kappa shape index (κ2) is 8.68. The predicted molar refractivity (Wildman–Crippen MR) is 117 cm³/mol. The van der Waals surface area contributed by atoms with Crippen molar-refractivity contribution in [3.05, 3.63) is 29.3 Å². The zero-order valence-corrected chi connectivity index (χ0v) is 18.7. The highest BCUT2D eigenvalue weighted by Crippen LogP contribution is 2.30. The molecule has 0 spiro atoms. The lowest BCUT2D eigenvalue weighted by Gasteiger charge is -2.42. The molecule has 2 aliphatic heterocycles. The second-order valence-electron chi connectivity index (χ2n) is 8.44. The van der Waals surface area contributed by atoms with E-state index in [9.17, 15) is 4.79 Å². The first-order chi connectivity index (χ1) is 13.9. The number of thiazole rings is 1. The predicted octanol–water partition coefficient (Wildman–Crippen LogP) is 3.00. The molecule has 1 amide bonds. The molecule has 2 aromatic rings. The van der Waals surface area contributed by atoms with Gasteiger partial charge in [0.25, 0.3) is 0 Å². The summed E-state index contributed by atoms with van der Waals surface area (Å²) in [6, 6.07) is 8.57. The zero-order valence-electron chi connectivity index (χ0n) is 17.9. The summed E-state index contributed by atoms with van der Waals surface area (Å²) >= 11 is 1.79. The Balaban J connectivity index is 1.34. The highest BCUT2D eigenvalue weighted by atomic mass is 32.1. The monoisotopic (exact) mass is 416 g/mol. The molecule has 3 heterocycles. The minimum Gasteiger partial charge on any atom is -0.372 e. The Hall–Kier alpha value is -1.54. The summed E-state index contributed by atoms with van der Waals surface area (Å²) in [5, 5.41) is 1.18. The largest absolute Gasteiger partial charge is 0.372 e. The molecule has 2 fully saturated rings. The SMILES string of the molecule is C[C@@H]1CN(C(=O)[C@H](C)N2CCN([C@@H](C)c3nc4ccccc4s3)CC2)C[C@H](C)O1. The lowest BCUT2D eigenvalue weighted by molar-refractivity contribution is -0.149. The van der Waals surface area contributed by atoms with Crippen LogP contribution >= 0.6 is 11.3 Å². The summed E-state index contributed by atoms with van der Waals surface area (Å²) in [5.74, 6) is 0.236. The molecule has 1 aromatic carbocycles. The van der Waals surface area contributed by atoms with E-state index < -0.39 is 0 Å². The zero-order chi connectivity index (χ0) is 20.5. The molecule has 0 radical (unpaired) electrons. The van der Waals surface area contributed by atoms with E-state index in [1.165, 1.54) is 9.71 Å². The number of piperazine rings is 1. The van der Waals surface area contributed by atoms with Crippen LogP contribution in [0.3, 0.4) is 0 Å². The average Bonchev–Trinajstić information content (AvgIpc) is 3.16. The van der Waals surface area contributed by atoms with Gasteiger partial charge in [0.05, 0.1) is 34.5 Å². The van der Waals surface area contributed by atoms with E-state index in [0.29, 0.717) is 19.1 Å². The van der Waals surface area contributed by atoms with Crippen LogP contribution in [0.1, 0.15) is 38.7 Å². The minimum absolute atomic E-state index is 0.0765. The minimum atomic E-state index is -0.0765. The first-order valence-electron chi connectivity index (χ1n) is 10.7. The maximum atomic E-state index is 13.0. The topological polar surface area (TPSA) is 48.9 Å². The van der Waals surface area contributed by atoms with E-state index in [0.717, 1.165) is 31.7 Å². The number of hydrogen-bond donors (Lipinski definition) is 0. The van der Waals surface area contributed by atoms with Crippen LogP contribution in [0.2, 0.25) is 0 Å². The fourth-order valence-corrected chi connectivity index (χ4v) is 5.57. The number of rotatable bonds is 4. The summed E-state index contributed by atoms with van der Waals surface area (Å²) < 4.78 is 7.03. The Morgan fingerprint density at radius 3 is 2.34 bits per heavy atom. The summed E-state index contributed by atoms with van der Waals surface area (Å²) in [6.45, 7) is 13.5. The van der Waals surface area contributed by atoms with Gasteiger partial charge in [-0.3, -0.25) is 14.6 Å². The fraction of sp³-hybridized carbons (Fsp3) is 0.636. The van der Waals surface area contributed by atoms with Crippen LogP contribution in [0.4, 0.5) is 0 Å². The quantitative estimate of drug-likeness (QED) is 0.767. The van der Waals surface area contributed by atoms with Gasteiger partial charge in [-0.15, -0.1) is 11.3 Å². The van der Waals surface area contributed by atoms with Crippen LogP contribution in [0.5, 0.6) is 0 Å². The van der Waals surface area contributed by atoms with E-state index in [1.54, 1.807) is 11.3 Å². The van der Waals surface area contributed by atoms with Gasteiger partial charge in [-0.2, -0.15) is 0 Å². The Morgan fingerprint density at radius 2 is 1.69 bits per heavy atom. The number of nitrogens with zero attached hydrogens (tertiary/aromatic N) is 4. The van der Waals surface area contributed by atoms with Crippen LogP contribution in [0, 0.1) is 0 Å². The van der Waals surface area contributed by atoms with Gasteiger partial charge >= 0.3 is 0 Å². The molecule has 2 aliphatic rings. The van der Waals surface area contributed by atoms with Crippen molar-refractivity contribution in [2.75, 3.05) is 39.3 Å². The number of fused-ring (bicyclic) bond motifs is 1. The fourth-order valence-electron chi connectivity index (χ4n) is 4.52. The molecule has 0 bridgehead atoms. The molecule has 29 heavy (non-hydrogen) atoms. The number of benzene rings is 1. The van der Waals surface area contributed by atoms with Crippen molar-refractivity contribution in [2.24, 2.45) is 0 Å². The molecule has 6 nitrogen and oxygen atoms in total. The Labute approximate surface area is 177 Å². The third kappa shape index (κ3) is 4.48. The van der Waals surface area contributed by atoms with Crippen LogP contribution in [0.15, 0.2) is 24.3 Å². The van der Waals surface area contributed by atoms with Gasteiger partial charge in [0, 0.05) is 39.3 Å². The van der Waals surface area contributed by atoms with Gasteiger partial charge < -0.3 is 9.64 Å². The molecular weight excluding hydrogens is 384 g/mol. The molecule has 0 unspecified atom stereocenters. The lowest BCUT2D eigenvalue weighted by atomic mass is 10.1. The number of para-hydroxylation sites is 1. The number of hydrogen-bond acceptors (Lipinski definition) is 6. The smallest absolute Gasteiger partial charge is 0.239 e. The number of ether oxygens (including phenoxy) is 1. The third-order valence-corrected chi connectivity index (χ3v) is 7.41. The molecule has 4 atom stereocenters. The van der Waals surface area contributed by atoms with Crippen LogP contribution in [-0.4, -0.2) is 83.1 Å². The van der Waals surface area contributed by atoms with Crippen LogP contribution in [-0.2, 0) is 9.53 Å². The van der Waals surface area contributed by atoms with Gasteiger partial charge in [0.15, 0.2) is 0 Å². The van der Waals surface area contributed by atoms with Crippen molar-refractivity contribution >= 4 is 27.5 Å². The number of morpholine rings is 1. The molecule has 7 heteroatoms. The van der Waals surface area contributed by atoms with E-state index >= 15 is 0 Å². The second-order valence-corrected chi connectivity index (χ2v) is 9.51. The third-order valence-electron chi connectivity index (χ3n) is 6.20. The van der Waals surface area contributed by atoms with E-state index in [-0.39, 0.29) is 24.2 Å². The number of carbonyl (C=O) groups is 1. The Kier molecular flexibility index (Phi) is 6.20. The van der Waals surface area contributed by atoms with Crippen molar-refractivity contribution < 1.29 is 9.53 Å². The Morgan fingerprint density at radius 1 is 1.07 bits per heavy atom. The molecule has 158 valence electrons. The van der Waals surface area contributed by atoms with Gasteiger partial charge in [-0.25, -0.2) is 4.98 Å². The summed E-state index contributed by atoms with van der Waals surface area (Å²) in [5.41, 5.74) is 1.09. The highest BCUT2D eigenvalue weighted by Gasteiger charge is 2.33. The standard InChI is InChI=1S/C22H32N4O2S/c1-15-13-26(14-16(2)28-15)22(27)18(4)25-11-9-24(10-12-25)17(3)21-23-19-7-5-6-8-20(19)29-21/h5-8,15-18H,9-14H2,1-4H3/t15-,16+,17-,18-/m0/s1. The van der Waals surface area contributed by atoms with E-state index in [2.05, 4.69) is 41.8 Å². The maximum absolute atomic E-state index is 13.0. The van der Waals surface area contributed by atoms with E-state index in [1.807, 2.05) is 24.8 Å². The molecule has 4 rings (SSSR count). The van der Waals surface area contributed by atoms with Crippen molar-refractivity contribution in [1.29, 1.82) is 0 Å². The summed E-state index contributed by atoms with van der Waals surface area (Å²) in [7, 11) is 0. The lowest BCUT2D eigenvalue weighted by Crippen LogP contribution is -2.57. The van der Waals surface area contributed by atoms with Crippen LogP contribution in [0.25, 0.3) is 10.2 Å². The first-order valence-corrected chi connectivity index (χ1v) is 11.5. The number of aromatic nitrogens is 1. The van der Waals surface area contributed by atoms with Crippen LogP contribution < -0.4 is 0 Å². The highest BCUT2D eigenvalue weighted by molar-refractivity contribution is 7.18. The average molecular weight is 417 g/mol. The molecule has 0 aliphatic carbocycles. The van der Waals surface area contributed by atoms with Crippen molar-refractivity contribution in [2.45, 2.75) is 52.0 Å². The number of amides is 1. The summed E-state index contributed by atoms with van der Waals surface area (Å²) in [4.78, 5) is 24.7. The van der Waals surface area contributed by atoms with Gasteiger partial charge in [-0.1, -0.05) is 12.1 Å². The van der Waals surface area contributed by atoms with Crippen molar-refractivity contribution in [3.8, 4) is 0 Å². The van der Waals surface area contributed by atoms with Gasteiger partial charge in [0.2, 0.25) is 5.91 Å². The molecule has 1 aromatic heterocycles. The number of carbonyl (C=O) groups excluding carboxylic acids is 1. The molecule has 0 N–H and O–H groups in total. The van der Waals surface area contributed by atoms with Crippen molar-refractivity contribution in [3.63, 3.8) is 0 Å².